The second-order valence-corrected chi connectivity index (χ2v) is 5.76. The number of carbonyl (C=O) groups excluding carboxylic acids is 3. The van der Waals surface area contributed by atoms with E-state index in [-0.39, 0.29) is 25.4 Å². The molecule has 0 spiro atoms. The summed E-state index contributed by atoms with van der Waals surface area (Å²) >= 11 is 0. The molecular weight excluding hydrogens is 306 g/mol. The Morgan fingerprint density at radius 2 is 1.91 bits per heavy atom. The molecule has 3 unspecified atom stereocenters. The van der Waals surface area contributed by atoms with Gasteiger partial charge in [0, 0.05) is 19.9 Å². The van der Waals surface area contributed by atoms with Crippen LogP contribution in [-0.4, -0.2) is 76.5 Å². The molecule has 2 heterocycles. The second-order valence-electron chi connectivity index (χ2n) is 5.76. The molecule has 0 saturated carbocycles. The highest BCUT2D eigenvalue weighted by Crippen LogP contribution is 2.26. The van der Waals surface area contributed by atoms with Crippen LogP contribution in [0.5, 0.6) is 0 Å². The average molecular weight is 327 g/mol. The van der Waals surface area contributed by atoms with Crippen LogP contribution in [0.25, 0.3) is 0 Å². The minimum Gasteiger partial charge on any atom is -0.480 e. The van der Waals surface area contributed by atoms with Gasteiger partial charge in [-0.15, -0.1) is 0 Å². The molecule has 23 heavy (non-hydrogen) atoms. The van der Waals surface area contributed by atoms with Gasteiger partial charge in [0.25, 0.3) is 0 Å². The Morgan fingerprint density at radius 1 is 1.22 bits per heavy atom. The fraction of sp³-hybridized carbons (Fsp3) is 0.714. The molecule has 0 radical (unpaired) electrons. The van der Waals surface area contributed by atoms with Gasteiger partial charge < -0.3 is 25.4 Å². The number of hydrogen-bond donors (Lipinski definition) is 2. The molecule has 0 bridgehead atoms. The topological polar surface area (TPSA) is 130 Å². The first-order chi connectivity index (χ1) is 10.8. The molecule has 128 valence electrons. The average Bonchev–Trinajstić information content (AvgIpc) is 3.11. The first kappa shape index (κ1) is 17.2. The van der Waals surface area contributed by atoms with Gasteiger partial charge in [0.2, 0.25) is 11.8 Å². The number of aliphatic carboxylic acids is 1. The van der Waals surface area contributed by atoms with Crippen LogP contribution in [0, 0.1) is 0 Å². The van der Waals surface area contributed by atoms with Gasteiger partial charge in [0.15, 0.2) is 0 Å². The van der Waals surface area contributed by atoms with Crippen LogP contribution in [0.4, 0.5) is 0 Å². The smallest absolute Gasteiger partial charge is 0.326 e. The van der Waals surface area contributed by atoms with Crippen molar-refractivity contribution in [2.45, 2.75) is 44.4 Å². The Hall–Kier alpha value is -2.16. The van der Waals surface area contributed by atoms with Crippen molar-refractivity contribution in [3.63, 3.8) is 0 Å². The molecule has 2 saturated heterocycles. The molecule has 0 aliphatic carbocycles. The normalized spacial score (nSPS) is 27.1. The van der Waals surface area contributed by atoms with E-state index in [2.05, 4.69) is 0 Å². The summed E-state index contributed by atoms with van der Waals surface area (Å²) in [5.74, 6) is -2.42. The van der Waals surface area contributed by atoms with Gasteiger partial charge in [-0.1, -0.05) is 0 Å². The number of nitrogens with two attached hydrogens (primary N) is 1. The van der Waals surface area contributed by atoms with Crippen LogP contribution in [0.1, 0.15) is 26.2 Å². The van der Waals surface area contributed by atoms with Gasteiger partial charge in [0.1, 0.15) is 18.2 Å². The number of carbonyl (C=O) groups is 4. The molecule has 2 amide bonds. The van der Waals surface area contributed by atoms with Crippen molar-refractivity contribution in [1.82, 2.24) is 9.80 Å². The Kier molecular flexibility index (Phi) is 5.19. The van der Waals surface area contributed by atoms with Crippen LogP contribution >= 0.6 is 0 Å². The summed E-state index contributed by atoms with van der Waals surface area (Å²) < 4.78 is 5.03. The van der Waals surface area contributed by atoms with Gasteiger partial charge in [0.05, 0.1) is 13.1 Å². The third kappa shape index (κ3) is 3.61. The van der Waals surface area contributed by atoms with Gasteiger partial charge >= 0.3 is 11.9 Å². The lowest BCUT2D eigenvalue weighted by atomic mass is 10.1. The van der Waals surface area contributed by atoms with E-state index >= 15 is 0 Å². The first-order valence-electron chi connectivity index (χ1n) is 7.55. The third-order valence-electron chi connectivity index (χ3n) is 4.20. The van der Waals surface area contributed by atoms with Gasteiger partial charge in [-0.05, 0) is 12.8 Å². The molecule has 0 aromatic rings. The summed E-state index contributed by atoms with van der Waals surface area (Å²) in [5, 5.41) is 9.31. The highest BCUT2D eigenvalue weighted by molar-refractivity contribution is 5.91. The molecule has 3 N–H and O–H groups in total. The van der Waals surface area contributed by atoms with E-state index in [0.29, 0.717) is 19.4 Å². The number of esters is 1. The minimum atomic E-state index is -1.15. The number of carboxylic acid groups (broad SMARTS) is 1. The quantitative estimate of drug-likeness (QED) is 0.604. The summed E-state index contributed by atoms with van der Waals surface area (Å²) in [6.45, 7) is 1.50. The Labute approximate surface area is 133 Å². The predicted molar refractivity (Wildman–Crippen MR) is 77.1 cm³/mol. The number of ether oxygens (including phenoxy) is 1. The summed E-state index contributed by atoms with van der Waals surface area (Å²) in [4.78, 5) is 49.6. The number of amides is 2. The number of hydrogen-bond acceptors (Lipinski definition) is 6. The maximum atomic E-state index is 12.7. The number of carboxylic acids is 1. The highest BCUT2D eigenvalue weighted by atomic mass is 16.5. The Balaban J connectivity index is 2.14. The number of nitrogens with zero attached hydrogens (tertiary/aromatic N) is 2. The standard InChI is InChI=1S/C14H21N3O6/c1-8(18)23-9-5-11(14(21)22)17(7-9)13(20)10-3-2-4-16(10)12(19)6-15/h9-11H,2-7,15H2,1H3,(H,21,22). The van der Waals surface area contributed by atoms with Crippen molar-refractivity contribution in [2.24, 2.45) is 5.73 Å². The summed E-state index contributed by atoms with van der Waals surface area (Å²) in [7, 11) is 0. The van der Waals surface area contributed by atoms with E-state index in [4.69, 9.17) is 10.5 Å². The first-order valence-corrected chi connectivity index (χ1v) is 7.55. The van der Waals surface area contributed by atoms with Crippen molar-refractivity contribution in [1.29, 1.82) is 0 Å². The molecule has 3 atom stereocenters. The van der Waals surface area contributed by atoms with Crippen LogP contribution in [0.2, 0.25) is 0 Å². The largest absolute Gasteiger partial charge is 0.480 e. The lowest BCUT2D eigenvalue weighted by molar-refractivity contribution is -0.151. The zero-order chi connectivity index (χ0) is 17.1. The molecule has 0 aromatic heterocycles. The van der Waals surface area contributed by atoms with Crippen LogP contribution in [-0.2, 0) is 23.9 Å². The fourth-order valence-corrected chi connectivity index (χ4v) is 3.23. The minimum absolute atomic E-state index is 0.0243. The second kappa shape index (κ2) is 6.95. The van der Waals surface area contributed by atoms with E-state index in [1.807, 2.05) is 0 Å². The summed E-state index contributed by atoms with van der Waals surface area (Å²) in [6.07, 6.45) is 0.558. The van der Waals surface area contributed by atoms with Crippen molar-refractivity contribution in [3.8, 4) is 0 Å². The summed E-state index contributed by atoms with van der Waals surface area (Å²) in [5.41, 5.74) is 5.35. The van der Waals surface area contributed by atoms with E-state index in [9.17, 15) is 24.3 Å². The molecular formula is C14H21N3O6. The molecule has 2 fully saturated rings. The zero-order valence-electron chi connectivity index (χ0n) is 12.9. The molecule has 0 aromatic carbocycles. The molecule has 2 aliphatic heterocycles. The van der Waals surface area contributed by atoms with Crippen LogP contribution < -0.4 is 5.73 Å². The maximum absolute atomic E-state index is 12.7. The maximum Gasteiger partial charge on any atom is 0.326 e. The molecule has 9 nitrogen and oxygen atoms in total. The molecule has 2 aliphatic rings. The van der Waals surface area contributed by atoms with Gasteiger partial charge in [-0.2, -0.15) is 0 Å². The third-order valence-corrected chi connectivity index (χ3v) is 4.20. The Morgan fingerprint density at radius 3 is 2.48 bits per heavy atom. The van der Waals surface area contributed by atoms with Gasteiger partial charge in [-0.3, -0.25) is 14.4 Å². The van der Waals surface area contributed by atoms with Crippen molar-refractivity contribution < 1.29 is 29.0 Å². The SMILES string of the molecule is CC(=O)OC1CC(C(=O)O)N(C(=O)C2CCCN2C(=O)CN)C1. The van der Waals surface area contributed by atoms with Crippen LogP contribution in [0.15, 0.2) is 0 Å². The van der Waals surface area contributed by atoms with Crippen molar-refractivity contribution in [3.05, 3.63) is 0 Å². The Bertz CT molecular complexity index is 523. The van der Waals surface area contributed by atoms with E-state index in [1.54, 1.807) is 0 Å². The highest BCUT2D eigenvalue weighted by Gasteiger charge is 2.45. The predicted octanol–water partition coefficient (Wildman–Crippen LogP) is -1.45. The molecule has 2 rings (SSSR count). The van der Waals surface area contributed by atoms with E-state index in [1.165, 1.54) is 16.7 Å². The van der Waals surface area contributed by atoms with Gasteiger partial charge in [-0.25, -0.2) is 4.79 Å². The van der Waals surface area contributed by atoms with E-state index < -0.39 is 36.0 Å². The summed E-state index contributed by atoms with van der Waals surface area (Å²) in [6, 6.07) is -1.74. The number of rotatable bonds is 4. The monoisotopic (exact) mass is 327 g/mol. The van der Waals surface area contributed by atoms with Crippen molar-refractivity contribution in [2.75, 3.05) is 19.6 Å². The number of likely N-dealkylation sites (tertiary alicyclic amines) is 2. The lowest BCUT2D eigenvalue weighted by Gasteiger charge is -2.29. The fourth-order valence-electron chi connectivity index (χ4n) is 3.23. The lowest BCUT2D eigenvalue weighted by Crippen LogP contribution is -2.52. The van der Waals surface area contributed by atoms with Crippen molar-refractivity contribution >= 4 is 23.8 Å². The zero-order valence-corrected chi connectivity index (χ0v) is 12.9. The van der Waals surface area contributed by atoms with E-state index in [0.717, 1.165) is 0 Å². The molecule has 9 heteroatoms. The van der Waals surface area contributed by atoms with Crippen LogP contribution in [0.3, 0.4) is 0 Å².